The zero-order valence-electron chi connectivity index (χ0n) is 9.68. The molecule has 0 amide bonds. The normalized spacial score (nSPS) is 11.6. The highest BCUT2D eigenvalue weighted by atomic mass is 79.9. The Morgan fingerprint density at radius 1 is 1.37 bits per heavy atom. The second-order valence-electron chi connectivity index (χ2n) is 3.81. The Hall–Kier alpha value is -2.06. The summed E-state index contributed by atoms with van der Waals surface area (Å²) < 4.78 is 13.3. The van der Waals surface area contributed by atoms with Crippen molar-refractivity contribution in [1.82, 2.24) is 4.98 Å². The molecular formula is C14H8BrFN2O. The molecular weight excluding hydrogens is 311 g/mol. The molecule has 1 atom stereocenters. The summed E-state index contributed by atoms with van der Waals surface area (Å²) in [6.07, 6.45) is 1.52. The maximum absolute atomic E-state index is 13.1. The lowest BCUT2D eigenvalue weighted by Crippen LogP contribution is -2.12. The summed E-state index contributed by atoms with van der Waals surface area (Å²) in [5, 5.41) is 9.14. The molecule has 0 spiro atoms. The van der Waals surface area contributed by atoms with Crippen LogP contribution in [0.25, 0.3) is 0 Å². The molecule has 3 nitrogen and oxygen atoms in total. The van der Waals surface area contributed by atoms with Crippen LogP contribution in [0.15, 0.2) is 47.1 Å². The first-order valence-electron chi connectivity index (χ1n) is 5.43. The third kappa shape index (κ3) is 2.85. The van der Waals surface area contributed by atoms with Gasteiger partial charge in [0.05, 0.1) is 16.2 Å². The number of hydrogen-bond acceptors (Lipinski definition) is 3. The van der Waals surface area contributed by atoms with Gasteiger partial charge in [-0.1, -0.05) is 6.07 Å². The van der Waals surface area contributed by atoms with Crippen molar-refractivity contribution >= 4 is 21.7 Å². The number of Topliss-reactive ketones (excluding diaryl/α,β-unsaturated/α-hetero) is 1. The summed E-state index contributed by atoms with van der Waals surface area (Å²) in [6.45, 7) is 0. The van der Waals surface area contributed by atoms with E-state index in [2.05, 4.69) is 20.9 Å². The molecule has 19 heavy (non-hydrogen) atoms. The number of rotatable bonds is 3. The van der Waals surface area contributed by atoms with Crippen LogP contribution in [0.1, 0.15) is 22.0 Å². The molecule has 0 radical (unpaired) electrons. The van der Waals surface area contributed by atoms with Crippen LogP contribution >= 0.6 is 15.9 Å². The molecule has 0 saturated heterocycles. The summed E-state index contributed by atoms with van der Waals surface area (Å²) in [7, 11) is 0. The van der Waals surface area contributed by atoms with Crippen molar-refractivity contribution < 1.29 is 9.18 Å². The summed E-state index contributed by atoms with van der Waals surface area (Å²) in [4.78, 5) is 16.2. The molecule has 0 aliphatic heterocycles. The first-order chi connectivity index (χ1) is 9.13. The molecule has 1 heterocycles. The maximum Gasteiger partial charge on any atom is 0.186 e. The Labute approximate surface area is 117 Å². The molecule has 2 aromatic rings. The van der Waals surface area contributed by atoms with Crippen molar-refractivity contribution in [3.63, 3.8) is 0 Å². The fraction of sp³-hybridized carbons (Fsp3) is 0.0714. The van der Waals surface area contributed by atoms with Gasteiger partial charge in [0.15, 0.2) is 11.7 Å². The van der Waals surface area contributed by atoms with Crippen LogP contribution in [0.2, 0.25) is 0 Å². The number of aromatic nitrogens is 1. The van der Waals surface area contributed by atoms with E-state index in [-0.39, 0.29) is 10.0 Å². The summed E-state index contributed by atoms with van der Waals surface area (Å²) in [5.74, 6) is -1.84. The third-order valence-electron chi connectivity index (χ3n) is 2.58. The van der Waals surface area contributed by atoms with Crippen molar-refractivity contribution in [3.05, 3.63) is 64.1 Å². The molecule has 0 saturated carbocycles. The molecule has 0 N–H and O–H groups in total. The van der Waals surface area contributed by atoms with E-state index in [9.17, 15) is 9.18 Å². The molecule has 1 unspecified atom stereocenters. The van der Waals surface area contributed by atoms with Crippen molar-refractivity contribution in [2.75, 3.05) is 0 Å². The number of benzene rings is 1. The highest BCUT2D eigenvalue weighted by molar-refractivity contribution is 9.10. The van der Waals surface area contributed by atoms with E-state index in [1.165, 1.54) is 24.4 Å². The van der Waals surface area contributed by atoms with Crippen molar-refractivity contribution in [2.45, 2.75) is 5.92 Å². The number of nitriles is 1. The monoisotopic (exact) mass is 318 g/mol. The Morgan fingerprint density at radius 2 is 2.16 bits per heavy atom. The Morgan fingerprint density at radius 3 is 2.74 bits per heavy atom. The molecule has 0 fully saturated rings. The lowest BCUT2D eigenvalue weighted by Gasteiger charge is -2.08. The molecule has 2 rings (SSSR count). The number of halogens is 2. The van der Waals surface area contributed by atoms with Gasteiger partial charge in [-0.2, -0.15) is 5.26 Å². The topological polar surface area (TPSA) is 53.8 Å². The standard InChI is InChI=1S/C14H8BrFN2O/c15-11-7-9(4-5-12(11)16)14(19)10(8-17)13-3-1-2-6-18-13/h1-7,10H. The second-order valence-corrected chi connectivity index (χ2v) is 4.66. The largest absolute Gasteiger partial charge is 0.292 e. The second kappa shape index (κ2) is 5.72. The van der Waals surface area contributed by atoms with Crippen LogP contribution in [0, 0.1) is 17.1 Å². The van der Waals surface area contributed by atoms with Gasteiger partial charge < -0.3 is 0 Å². The van der Waals surface area contributed by atoms with E-state index in [1.54, 1.807) is 18.2 Å². The van der Waals surface area contributed by atoms with Crippen molar-refractivity contribution in [2.24, 2.45) is 0 Å². The van der Waals surface area contributed by atoms with Gasteiger partial charge in [0.2, 0.25) is 0 Å². The van der Waals surface area contributed by atoms with Gasteiger partial charge in [-0.15, -0.1) is 0 Å². The van der Waals surface area contributed by atoms with E-state index < -0.39 is 17.5 Å². The summed E-state index contributed by atoms with van der Waals surface area (Å²) in [5.41, 5.74) is 0.654. The van der Waals surface area contributed by atoms with E-state index in [0.717, 1.165) is 0 Å². The SMILES string of the molecule is N#CC(C(=O)c1ccc(F)c(Br)c1)c1ccccn1. The Kier molecular flexibility index (Phi) is 4.03. The van der Waals surface area contributed by atoms with Crippen LogP contribution < -0.4 is 0 Å². The fourth-order valence-electron chi connectivity index (χ4n) is 1.62. The molecule has 5 heteroatoms. The number of carbonyl (C=O) groups excluding carboxylic acids is 1. The molecule has 94 valence electrons. The predicted molar refractivity (Wildman–Crippen MR) is 71.0 cm³/mol. The smallest absolute Gasteiger partial charge is 0.186 e. The van der Waals surface area contributed by atoms with Gasteiger partial charge >= 0.3 is 0 Å². The summed E-state index contributed by atoms with van der Waals surface area (Å²) in [6, 6.07) is 10.9. The average Bonchev–Trinajstić information content (AvgIpc) is 2.44. The van der Waals surface area contributed by atoms with Gasteiger partial charge in [0.25, 0.3) is 0 Å². The maximum atomic E-state index is 13.1. The molecule has 0 aliphatic carbocycles. The fourth-order valence-corrected chi connectivity index (χ4v) is 2.00. The molecule has 0 bridgehead atoms. The minimum absolute atomic E-state index is 0.191. The first-order valence-corrected chi connectivity index (χ1v) is 6.22. The first kappa shape index (κ1) is 13.4. The Bertz CT molecular complexity index is 652. The van der Waals surface area contributed by atoms with E-state index in [1.807, 2.05) is 6.07 Å². The third-order valence-corrected chi connectivity index (χ3v) is 3.19. The summed E-state index contributed by atoms with van der Waals surface area (Å²) >= 11 is 3.02. The van der Waals surface area contributed by atoms with Gasteiger partial charge in [-0.3, -0.25) is 9.78 Å². The minimum Gasteiger partial charge on any atom is -0.292 e. The highest BCUT2D eigenvalue weighted by Gasteiger charge is 2.23. The van der Waals surface area contributed by atoms with Crippen LogP contribution in [-0.2, 0) is 0 Å². The quantitative estimate of drug-likeness (QED) is 0.814. The molecule has 1 aromatic heterocycles. The average molecular weight is 319 g/mol. The number of hydrogen-bond donors (Lipinski definition) is 0. The van der Waals surface area contributed by atoms with Crippen LogP contribution in [0.5, 0.6) is 0 Å². The van der Waals surface area contributed by atoms with Crippen LogP contribution in [-0.4, -0.2) is 10.8 Å². The number of pyridine rings is 1. The van der Waals surface area contributed by atoms with Crippen LogP contribution in [0.3, 0.4) is 0 Å². The van der Waals surface area contributed by atoms with Gasteiger partial charge in [-0.05, 0) is 46.3 Å². The lowest BCUT2D eigenvalue weighted by molar-refractivity contribution is 0.0977. The highest BCUT2D eigenvalue weighted by Crippen LogP contribution is 2.22. The Balaban J connectivity index is 2.37. The van der Waals surface area contributed by atoms with E-state index in [4.69, 9.17) is 5.26 Å². The molecule has 1 aromatic carbocycles. The van der Waals surface area contributed by atoms with Gasteiger partial charge in [0, 0.05) is 11.8 Å². The van der Waals surface area contributed by atoms with E-state index in [0.29, 0.717) is 5.69 Å². The van der Waals surface area contributed by atoms with Crippen molar-refractivity contribution in [1.29, 1.82) is 5.26 Å². The minimum atomic E-state index is -0.987. The zero-order chi connectivity index (χ0) is 13.8. The van der Waals surface area contributed by atoms with Crippen molar-refractivity contribution in [3.8, 4) is 6.07 Å². The van der Waals surface area contributed by atoms with Gasteiger partial charge in [-0.25, -0.2) is 4.39 Å². The number of nitrogens with zero attached hydrogens (tertiary/aromatic N) is 2. The lowest BCUT2D eigenvalue weighted by atomic mass is 9.95. The predicted octanol–water partition coefficient (Wildman–Crippen LogP) is 3.47. The zero-order valence-corrected chi connectivity index (χ0v) is 11.3. The van der Waals surface area contributed by atoms with E-state index >= 15 is 0 Å². The number of carbonyl (C=O) groups is 1. The van der Waals surface area contributed by atoms with Crippen LogP contribution in [0.4, 0.5) is 4.39 Å². The van der Waals surface area contributed by atoms with Gasteiger partial charge in [0.1, 0.15) is 5.82 Å². The molecule has 0 aliphatic rings. The number of ketones is 1.